The SMILES string of the molecule is NC(N)=NC(=O)NCc1cccc(-c2cnc(N3CCCC(CCO)C3)nc2)c1. The summed E-state index contributed by atoms with van der Waals surface area (Å²) in [7, 11) is 0. The fourth-order valence-corrected chi connectivity index (χ4v) is 3.49. The van der Waals surface area contributed by atoms with E-state index in [4.69, 9.17) is 11.5 Å². The molecule has 1 aliphatic heterocycles. The zero-order valence-electron chi connectivity index (χ0n) is 16.3. The van der Waals surface area contributed by atoms with Gasteiger partial charge >= 0.3 is 6.03 Å². The van der Waals surface area contributed by atoms with Crippen molar-refractivity contribution in [3.63, 3.8) is 0 Å². The maximum Gasteiger partial charge on any atom is 0.344 e. The highest BCUT2D eigenvalue weighted by atomic mass is 16.3. The Morgan fingerprint density at radius 3 is 2.79 bits per heavy atom. The van der Waals surface area contributed by atoms with Crippen molar-refractivity contribution in [3.05, 3.63) is 42.2 Å². The molecule has 29 heavy (non-hydrogen) atoms. The lowest BCUT2D eigenvalue weighted by Crippen LogP contribution is -2.36. The summed E-state index contributed by atoms with van der Waals surface area (Å²) in [5, 5.41) is 11.8. The number of benzene rings is 1. The smallest absolute Gasteiger partial charge is 0.344 e. The number of aliphatic imine (C=N–C) groups is 1. The summed E-state index contributed by atoms with van der Waals surface area (Å²) in [6, 6.07) is 7.17. The van der Waals surface area contributed by atoms with E-state index >= 15 is 0 Å². The summed E-state index contributed by atoms with van der Waals surface area (Å²) in [6.07, 6.45) is 6.68. The number of nitrogens with two attached hydrogens (primary N) is 2. The first-order valence-corrected chi connectivity index (χ1v) is 9.70. The van der Waals surface area contributed by atoms with Crippen LogP contribution < -0.4 is 21.7 Å². The number of nitrogens with one attached hydrogen (secondary N) is 1. The van der Waals surface area contributed by atoms with Crippen molar-refractivity contribution >= 4 is 17.9 Å². The van der Waals surface area contributed by atoms with Crippen LogP contribution in [0.25, 0.3) is 11.1 Å². The standard InChI is InChI=1S/C20H27N7O2/c21-18(22)26-20(29)25-10-15-3-1-5-16(9-15)17-11-23-19(24-12-17)27-7-2-4-14(13-27)6-8-28/h1,3,5,9,11-12,14,28H,2,4,6-8,10,13H2,(H5,21,22,25,26,29). The molecule has 0 bridgehead atoms. The van der Waals surface area contributed by atoms with E-state index < -0.39 is 6.03 Å². The van der Waals surface area contributed by atoms with Crippen molar-refractivity contribution in [1.82, 2.24) is 15.3 Å². The molecular weight excluding hydrogens is 370 g/mol. The normalized spacial score (nSPS) is 16.3. The van der Waals surface area contributed by atoms with Crippen LogP contribution in [0.15, 0.2) is 41.7 Å². The summed E-state index contributed by atoms with van der Waals surface area (Å²) < 4.78 is 0. The first-order chi connectivity index (χ1) is 14.0. The monoisotopic (exact) mass is 397 g/mol. The van der Waals surface area contributed by atoms with Gasteiger partial charge in [-0.15, -0.1) is 0 Å². The topological polar surface area (TPSA) is 143 Å². The third-order valence-electron chi connectivity index (χ3n) is 4.91. The Bertz CT molecular complexity index is 848. The van der Waals surface area contributed by atoms with Gasteiger partial charge in [-0.3, -0.25) is 0 Å². The average Bonchev–Trinajstić information content (AvgIpc) is 2.73. The number of anilines is 1. The van der Waals surface area contributed by atoms with E-state index in [0.717, 1.165) is 55.0 Å². The molecule has 2 amide bonds. The van der Waals surface area contributed by atoms with E-state index in [1.54, 1.807) is 0 Å². The number of aromatic nitrogens is 2. The Morgan fingerprint density at radius 1 is 1.28 bits per heavy atom. The molecule has 0 saturated carbocycles. The van der Waals surface area contributed by atoms with Crippen LogP contribution in [0.4, 0.5) is 10.7 Å². The average molecular weight is 397 g/mol. The van der Waals surface area contributed by atoms with Crippen molar-refractivity contribution in [1.29, 1.82) is 0 Å². The van der Waals surface area contributed by atoms with E-state index in [9.17, 15) is 9.90 Å². The van der Waals surface area contributed by atoms with Crippen molar-refractivity contribution in [2.45, 2.75) is 25.8 Å². The summed E-state index contributed by atoms with van der Waals surface area (Å²) in [6.45, 7) is 2.35. The largest absolute Gasteiger partial charge is 0.396 e. The van der Waals surface area contributed by atoms with E-state index in [0.29, 0.717) is 12.5 Å². The maximum atomic E-state index is 11.5. The molecule has 9 heteroatoms. The molecule has 1 aromatic heterocycles. The van der Waals surface area contributed by atoms with E-state index in [1.807, 2.05) is 36.7 Å². The summed E-state index contributed by atoms with van der Waals surface area (Å²) in [4.78, 5) is 26.2. The summed E-state index contributed by atoms with van der Waals surface area (Å²) in [5.74, 6) is 0.935. The number of urea groups is 1. The molecule has 1 aromatic carbocycles. The zero-order chi connectivity index (χ0) is 20.6. The van der Waals surface area contributed by atoms with Crippen LogP contribution in [0.2, 0.25) is 0 Å². The van der Waals surface area contributed by atoms with Gasteiger partial charge in [-0.25, -0.2) is 14.8 Å². The van der Waals surface area contributed by atoms with Gasteiger partial charge in [0.15, 0.2) is 5.96 Å². The van der Waals surface area contributed by atoms with Gasteiger partial charge in [0.1, 0.15) is 0 Å². The zero-order valence-corrected chi connectivity index (χ0v) is 16.3. The molecule has 2 aromatic rings. The van der Waals surface area contributed by atoms with E-state index in [2.05, 4.69) is 25.2 Å². The number of aliphatic hydroxyl groups is 1. The Labute approximate surface area is 169 Å². The van der Waals surface area contributed by atoms with E-state index in [-0.39, 0.29) is 12.6 Å². The predicted molar refractivity (Wildman–Crippen MR) is 112 cm³/mol. The number of carbonyl (C=O) groups is 1. The molecule has 0 aliphatic carbocycles. The Kier molecular flexibility index (Phi) is 6.96. The second-order valence-corrected chi connectivity index (χ2v) is 7.13. The second-order valence-electron chi connectivity index (χ2n) is 7.13. The number of piperidine rings is 1. The van der Waals surface area contributed by atoms with Crippen LogP contribution in [-0.2, 0) is 6.54 Å². The molecule has 0 spiro atoms. The molecular formula is C20H27N7O2. The van der Waals surface area contributed by atoms with Gasteiger partial charge < -0.3 is 26.8 Å². The minimum Gasteiger partial charge on any atom is -0.396 e. The van der Waals surface area contributed by atoms with Crippen molar-refractivity contribution < 1.29 is 9.90 Å². The third-order valence-corrected chi connectivity index (χ3v) is 4.91. The molecule has 1 saturated heterocycles. The van der Waals surface area contributed by atoms with Crippen molar-refractivity contribution in [2.75, 3.05) is 24.6 Å². The highest BCUT2D eigenvalue weighted by Gasteiger charge is 2.21. The Balaban J connectivity index is 1.65. The summed E-state index contributed by atoms with van der Waals surface area (Å²) >= 11 is 0. The molecule has 1 fully saturated rings. The number of rotatable bonds is 6. The number of aliphatic hydroxyl groups excluding tert-OH is 1. The quantitative estimate of drug-likeness (QED) is 0.424. The summed E-state index contributed by atoms with van der Waals surface area (Å²) in [5.41, 5.74) is 13.1. The predicted octanol–water partition coefficient (Wildman–Crippen LogP) is 1.23. The lowest BCUT2D eigenvalue weighted by molar-refractivity contribution is 0.244. The first-order valence-electron chi connectivity index (χ1n) is 9.70. The second kappa shape index (κ2) is 9.83. The molecule has 1 atom stereocenters. The van der Waals surface area contributed by atoms with E-state index in [1.165, 1.54) is 0 Å². The molecule has 1 aliphatic rings. The van der Waals surface area contributed by atoms with Crippen LogP contribution in [-0.4, -0.2) is 46.8 Å². The van der Waals surface area contributed by atoms with Gasteiger partial charge in [0.25, 0.3) is 0 Å². The molecule has 9 nitrogen and oxygen atoms in total. The molecule has 3 rings (SSSR count). The number of hydrogen-bond donors (Lipinski definition) is 4. The lowest BCUT2D eigenvalue weighted by atomic mass is 9.95. The van der Waals surface area contributed by atoms with Gasteiger partial charge in [0, 0.05) is 44.2 Å². The highest BCUT2D eigenvalue weighted by Crippen LogP contribution is 2.24. The van der Waals surface area contributed by atoms with Crippen LogP contribution in [0, 0.1) is 5.92 Å². The number of guanidine groups is 1. The molecule has 2 heterocycles. The minimum absolute atomic E-state index is 0.223. The Hall–Kier alpha value is -3.20. The van der Waals surface area contributed by atoms with Gasteiger partial charge in [0.05, 0.1) is 0 Å². The van der Waals surface area contributed by atoms with Crippen molar-refractivity contribution in [3.8, 4) is 11.1 Å². The number of amides is 2. The van der Waals surface area contributed by atoms with Gasteiger partial charge in [-0.1, -0.05) is 18.2 Å². The van der Waals surface area contributed by atoms with Crippen LogP contribution in [0.1, 0.15) is 24.8 Å². The molecule has 1 unspecified atom stereocenters. The highest BCUT2D eigenvalue weighted by molar-refractivity contribution is 5.90. The molecule has 154 valence electrons. The number of carbonyl (C=O) groups excluding carboxylic acids is 1. The van der Waals surface area contributed by atoms with Crippen LogP contribution >= 0.6 is 0 Å². The molecule has 6 N–H and O–H groups in total. The van der Waals surface area contributed by atoms with Gasteiger partial charge in [-0.2, -0.15) is 4.99 Å². The Morgan fingerprint density at radius 2 is 2.07 bits per heavy atom. The van der Waals surface area contributed by atoms with Crippen molar-refractivity contribution in [2.24, 2.45) is 22.4 Å². The van der Waals surface area contributed by atoms with Gasteiger partial charge in [-0.05, 0) is 42.4 Å². The number of nitrogens with zero attached hydrogens (tertiary/aromatic N) is 4. The number of hydrogen-bond acceptors (Lipinski definition) is 5. The van der Waals surface area contributed by atoms with Gasteiger partial charge in [0.2, 0.25) is 5.95 Å². The fourth-order valence-electron chi connectivity index (χ4n) is 3.49. The minimum atomic E-state index is -0.580. The maximum absolute atomic E-state index is 11.5. The third kappa shape index (κ3) is 5.89. The first kappa shape index (κ1) is 20.5. The van der Waals surface area contributed by atoms with Crippen LogP contribution in [0.3, 0.4) is 0 Å². The van der Waals surface area contributed by atoms with Crippen LogP contribution in [0.5, 0.6) is 0 Å². The lowest BCUT2D eigenvalue weighted by Gasteiger charge is -2.32. The molecule has 0 radical (unpaired) electrons. The fraction of sp³-hybridized carbons (Fsp3) is 0.400.